The zero-order chi connectivity index (χ0) is 13.5. The van der Waals surface area contributed by atoms with Crippen molar-refractivity contribution in [2.45, 2.75) is 26.7 Å². The van der Waals surface area contributed by atoms with Gasteiger partial charge in [0.25, 0.3) is 5.91 Å². The lowest BCUT2D eigenvalue weighted by Gasteiger charge is -2.04. The molecule has 0 aliphatic rings. The summed E-state index contributed by atoms with van der Waals surface area (Å²) in [5.41, 5.74) is 7.04. The Morgan fingerprint density at radius 3 is 2.67 bits per heavy atom. The van der Waals surface area contributed by atoms with E-state index < -0.39 is 5.91 Å². The quantitative estimate of drug-likeness (QED) is 0.562. The van der Waals surface area contributed by atoms with Crippen molar-refractivity contribution in [2.24, 2.45) is 0 Å². The van der Waals surface area contributed by atoms with E-state index in [4.69, 9.17) is 5.73 Å². The predicted octanol–water partition coefficient (Wildman–Crippen LogP) is -0.190. The SMILES string of the molecule is CCCc1[nH]nc(C(=O)NCC(=O)NCC)c1N. The van der Waals surface area contributed by atoms with Gasteiger partial charge in [-0.1, -0.05) is 13.3 Å². The number of carbonyl (C=O) groups excluding carboxylic acids is 2. The molecule has 0 unspecified atom stereocenters. The van der Waals surface area contributed by atoms with Crippen LogP contribution >= 0.6 is 0 Å². The summed E-state index contributed by atoms with van der Waals surface area (Å²) in [6.45, 7) is 4.26. The summed E-state index contributed by atoms with van der Waals surface area (Å²) in [6.07, 6.45) is 1.65. The van der Waals surface area contributed by atoms with Crippen molar-refractivity contribution in [3.8, 4) is 0 Å². The van der Waals surface area contributed by atoms with E-state index in [0.29, 0.717) is 12.2 Å². The van der Waals surface area contributed by atoms with Crippen molar-refractivity contribution in [1.29, 1.82) is 0 Å². The lowest BCUT2D eigenvalue weighted by molar-refractivity contribution is -0.120. The molecule has 18 heavy (non-hydrogen) atoms. The van der Waals surface area contributed by atoms with Crippen molar-refractivity contribution < 1.29 is 9.59 Å². The summed E-state index contributed by atoms with van der Waals surface area (Å²) in [6, 6.07) is 0. The molecule has 2 amide bonds. The van der Waals surface area contributed by atoms with Gasteiger partial charge in [0.1, 0.15) is 0 Å². The van der Waals surface area contributed by atoms with E-state index in [1.54, 1.807) is 0 Å². The summed E-state index contributed by atoms with van der Waals surface area (Å²) in [5, 5.41) is 11.6. The van der Waals surface area contributed by atoms with Gasteiger partial charge in [0, 0.05) is 6.54 Å². The number of nitrogens with zero attached hydrogens (tertiary/aromatic N) is 1. The number of aromatic amines is 1. The molecule has 1 aromatic rings. The molecule has 0 aliphatic carbocycles. The van der Waals surface area contributed by atoms with Gasteiger partial charge in [-0.2, -0.15) is 5.10 Å². The molecule has 7 heteroatoms. The Kier molecular flexibility index (Phi) is 5.16. The molecule has 0 aromatic carbocycles. The number of nitrogens with one attached hydrogen (secondary N) is 3. The Morgan fingerprint density at radius 2 is 2.06 bits per heavy atom. The van der Waals surface area contributed by atoms with E-state index in [2.05, 4.69) is 20.8 Å². The van der Waals surface area contributed by atoms with Crippen LogP contribution < -0.4 is 16.4 Å². The summed E-state index contributed by atoms with van der Waals surface area (Å²) < 4.78 is 0. The lowest BCUT2D eigenvalue weighted by atomic mass is 10.2. The Morgan fingerprint density at radius 1 is 1.33 bits per heavy atom. The molecule has 1 aromatic heterocycles. The van der Waals surface area contributed by atoms with Crippen molar-refractivity contribution in [1.82, 2.24) is 20.8 Å². The normalized spacial score (nSPS) is 10.1. The molecule has 0 aliphatic heterocycles. The summed E-state index contributed by atoms with van der Waals surface area (Å²) in [4.78, 5) is 22.9. The second-order valence-electron chi connectivity index (χ2n) is 3.85. The molecule has 0 saturated heterocycles. The number of aryl methyl sites for hydroxylation is 1. The Hall–Kier alpha value is -2.05. The Bertz CT molecular complexity index is 427. The first-order chi connectivity index (χ1) is 8.60. The largest absolute Gasteiger partial charge is 0.395 e. The number of carbonyl (C=O) groups is 2. The van der Waals surface area contributed by atoms with Gasteiger partial charge >= 0.3 is 0 Å². The topological polar surface area (TPSA) is 113 Å². The standard InChI is InChI=1S/C11H19N5O2/c1-3-5-7-9(12)10(16-15-7)11(18)14-6-8(17)13-4-2/h3-6,12H2,1-2H3,(H,13,17)(H,14,18)(H,15,16). The Balaban J connectivity index is 2.59. The lowest BCUT2D eigenvalue weighted by Crippen LogP contribution is -2.37. The van der Waals surface area contributed by atoms with Crippen LogP contribution in [0.3, 0.4) is 0 Å². The maximum atomic E-state index is 11.7. The number of anilines is 1. The molecule has 0 radical (unpaired) electrons. The van der Waals surface area contributed by atoms with E-state index in [0.717, 1.165) is 18.5 Å². The molecule has 5 N–H and O–H groups in total. The second kappa shape index (κ2) is 6.63. The minimum atomic E-state index is -0.447. The summed E-state index contributed by atoms with van der Waals surface area (Å²) >= 11 is 0. The van der Waals surface area contributed by atoms with Gasteiger partial charge in [-0.15, -0.1) is 0 Å². The Labute approximate surface area is 106 Å². The number of nitrogen functional groups attached to an aromatic ring is 1. The van der Waals surface area contributed by atoms with Gasteiger partial charge in [-0.05, 0) is 13.3 Å². The number of nitrogens with two attached hydrogens (primary N) is 1. The monoisotopic (exact) mass is 253 g/mol. The molecule has 0 atom stereocenters. The summed E-state index contributed by atoms with van der Waals surface area (Å²) in [5.74, 6) is -0.689. The molecule has 0 saturated carbocycles. The number of rotatable bonds is 6. The van der Waals surface area contributed by atoms with E-state index >= 15 is 0 Å². The smallest absolute Gasteiger partial charge is 0.274 e. The number of hydrogen-bond donors (Lipinski definition) is 4. The zero-order valence-corrected chi connectivity index (χ0v) is 10.7. The molecular weight excluding hydrogens is 234 g/mol. The maximum Gasteiger partial charge on any atom is 0.274 e. The van der Waals surface area contributed by atoms with E-state index in [1.165, 1.54) is 0 Å². The van der Waals surface area contributed by atoms with Gasteiger partial charge in [0.2, 0.25) is 5.91 Å². The third kappa shape index (κ3) is 3.47. The molecule has 7 nitrogen and oxygen atoms in total. The van der Waals surface area contributed by atoms with Crippen LogP contribution in [0.25, 0.3) is 0 Å². The van der Waals surface area contributed by atoms with Crippen LogP contribution in [0.5, 0.6) is 0 Å². The molecule has 1 rings (SSSR count). The summed E-state index contributed by atoms with van der Waals surface area (Å²) in [7, 11) is 0. The van der Waals surface area contributed by atoms with Crippen LogP contribution in [0.2, 0.25) is 0 Å². The fourth-order valence-corrected chi connectivity index (χ4v) is 1.50. The van der Waals surface area contributed by atoms with Gasteiger partial charge in [0.15, 0.2) is 5.69 Å². The fourth-order valence-electron chi connectivity index (χ4n) is 1.50. The third-order valence-corrected chi connectivity index (χ3v) is 2.38. The molecule has 0 bridgehead atoms. The highest BCUT2D eigenvalue weighted by Crippen LogP contribution is 2.15. The zero-order valence-electron chi connectivity index (χ0n) is 10.7. The van der Waals surface area contributed by atoms with E-state index in [-0.39, 0.29) is 18.1 Å². The van der Waals surface area contributed by atoms with Crippen LogP contribution in [-0.2, 0) is 11.2 Å². The molecule has 1 heterocycles. The van der Waals surface area contributed by atoms with Crippen LogP contribution in [0, 0.1) is 0 Å². The highest BCUT2D eigenvalue weighted by molar-refractivity contribution is 5.99. The van der Waals surface area contributed by atoms with Gasteiger partial charge in [0.05, 0.1) is 17.9 Å². The third-order valence-electron chi connectivity index (χ3n) is 2.38. The molecule has 0 spiro atoms. The van der Waals surface area contributed by atoms with Gasteiger partial charge in [-0.3, -0.25) is 14.7 Å². The van der Waals surface area contributed by atoms with Crippen LogP contribution in [-0.4, -0.2) is 35.1 Å². The molecular formula is C11H19N5O2. The number of likely N-dealkylation sites (N-methyl/N-ethyl adjacent to an activating group) is 1. The number of H-pyrrole nitrogens is 1. The number of amides is 2. The average Bonchev–Trinajstić information content (AvgIpc) is 2.69. The van der Waals surface area contributed by atoms with Crippen LogP contribution in [0.15, 0.2) is 0 Å². The van der Waals surface area contributed by atoms with E-state index in [1.807, 2.05) is 13.8 Å². The fraction of sp³-hybridized carbons (Fsp3) is 0.545. The number of aromatic nitrogens is 2. The highest BCUT2D eigenvalue weighted by Gasteiger charge is 2.17. The maximum absolute atomic E-state index is 11.7. The van der Waals surface area contributed by atoms with Crippen molar-refractivity contribution in [2.75, 3.05) is 18.8 Å². The van der Waals surface area contributed by atoms with Crippen molar-refractivity contribution in [3.05, 3.63) is 11.4 Å². The van der Waals surface area contributed by atoms with Gasteiger partial charge in [-0.25, -0.2) is 0 Å². The average molecular weight is 253 g/mol. The molecule has 100 valence electrons. The number of hydrogen-bond acceptors (Lipinski definition) is 4. The first-order valence-corrected chi connectivity index (χ1v) is 5.97. The van der Waals surface area contributed by atoms with Crippen molar-refractivity contribution in [3.63, 3.8) is 0 Å². The van der Waals surface area contributed by atoms with Crippen LogP contribution in [0.1, 0.15) is 36.5 Å². The van der Waals surface area contributed by atoms with Crippen LogP contribution in [0.4, 0.5) is 5.69 Å². The minimum absolute atomic E-state index is 0.0813. The molecule has 0 fully saturated rings. The highest BCUT2D eigenvalue weighted by atomic mass is 16.2. The van der Waals surface area contributed by atoms with Gasteiger partial charge < -0.3 is 16.4 Å². The first kappa shape index (κ1) is 14.0. The minimum Gasteiger partial charge on any atom is -0.395 e. The first-order valence-electron chi connectivity index (χ1n) is 5.97. The van der Waals surface area contributed by atoms with Crippen molar-refractivity contribution >= 4 is 17.5 Å². The predicted molar refractivity (Wildman–Crippen MR) is 68.0 cm³/mol. The second-order valence-corrected chi connectivity index (χ2v) is 3.85. The van der Waals surface area contributed by atoms with E-state index in [9.17, 15) is 9.59 Å².